The fraction of sp³-hybridized carbons (Fsp3) is 0.375. The van der Waals surface area contributed by atoms with Gasteiger partial charge in [-0.1, -0.05) is 35.5 Å². The van der Waals surface area contributed by atoms with Crippen molar-refractivity contribution < 1.29 is 9.48 Å². The first-order valence-electron chi connectivity index (χ1n) is 7.60. The van der Waals surface area contributed by atoms with Gasteiger partial charge in [-0.05, 0) is 24.8 Å². The van der Waals surface area contributed by atoms with E-state index in [-0.39, 0.29) is 17.6 Å². The van der Waals surface area contributed by atoms with Crippen LogP contribution in [-0.4, -0.2) is 22.2 Å². The molecule has 2 aromatic rings. The monoisotopic (exact) mass is 331 g/mol. The maximum absolute atomic E-state index is 12.6. The average molecular weight is 331 g/mol. The fourth-order valence-corrected chi connectivity index (χ4v) is 3.28. The van der Waals surface area contributed by atoms with E-state index in [0.717, 1.165) is 17.7 Å². The van der Waals surface area contributed by atoms with E-state index in [2.05, 4.69) is 10.1 Å². The van der Waals surface area contributed by atoms with Gasteiger partial charge in [-0.2, -0.15) is 0 Å². The number of thioether (sulfide) groups is 1. The number of hydrogen-bond acceptors (Lipinski definition) is 4. The van der Waals surface area contributed by atoms with Crippen LogP contribution in [-0.2, 0) is 4.79 Å². The number of para-hydroxylation sites is 1. The number of anilines is 1. The lowest BCUT2D eigenvalue weighted by molar-refractivity contribution is -0.768. The van der Waals surface area contributed by atoms with Gasteiger partial charge in [0.25, 0.3) is 6.17 Å². The number of amides is 1. The van der Waals surface area contributed by atoms with Gasteiger partial charge in [0.05, 0.1) is 11.3 Å². The summed E-state index contributed by atoms with van der Waals surface area (Å²) < 4.78 is 1.65. The Kier molecular flexibility index (Phi) is 4.21. The van der Waals surface area contributed by atoms with E-state index in [4.69, 9.17) is 0 Å². The third kappa shape index (κ3) is 2.55. The third-order valence-electron chi connectivity index (χ3n) is 3.94. The van der Waals surface area contributed by atoms with Gasteiger partial charge in [0.15, 0.2) is 0 Å². The van der Waals surface area contributed by atoms with Gasteiger partial charge in [-0.15, -0.1) is 0 Å². The van der Waals surface area contributed by atoms with E-state index in [1.165, 1.54) is 11.8 Å². The first-order valence-corrected chi connectivity index (χ1v) is 8.82. The Labute approximate surface area is 138 Å². The topological polar surface area (TPSA) is 69.9 Å². The number of carbonyl (C=O) groups is 1. The van der Waals surface area contributed by atoms with Gasteiger partial charge in [0.2, 0.25) is 11.1 Å². The molecular weight excluding hydrogens is 312 g/mol. The largest absolute Gasteiger partial charge is 0.325 e. The summed E-state index contributed by atoms with van der Waals surface area (Å²) in [5.74, 6) is 0.0402. The van der Waals surface area contributed by atoms with Crippen LogP contribution in [0.2, 0.25) is 0 Å². The molecule has 1 aliphatic heterocycles. The van der Waals surface area contributed by atoms with Crippen LogP contribution in [0.15, 0.2) is 34.2 Å². The van der Waals surface area contributed by atoms with E-state index in [9.17, 15) is 9.59 Å². The Morgan fingerprint density at radius 3 is 2.87 bits per heavy atom. The average Bonchev–Trinajstić information content (AvgIpc) is 2.55. The van der Waals surface area contributed by atoms with Crippen LogP contribution >= 0.6 is 11.8 Å². The van der Waals surface area contributed by atoms with Crippen LogP contribution < -0.4 is 15.1 Å². The van der Waals surface area contributed by atoms with Crippen molar-refractivity contribution in [2.75, 3.05) is 11.2 Å². The number of benzene rings is 1. The Morgan fingerprint density at radius 1 is 1.43 bits per heavy atom. The highest BCUT2D eigenvalue weighted by atomic mass is 32.2. The smallest absolute Gasteiger partial charge is 0.291 e. The van der Waals surface area contributed by atoms with Gasteiger partial charge >= 0.3 is 11.3 Å². The summed E-state index contributed by atoms with van der Waals surface area (Å²) in [7, 11) is 0. The lowest BCUT2D eigenvalue weighted by Crippen LogP contribution is -2.59. The molecule has 23 heavy (non-hydrogen) atoms. The number of aromatic nitrogens is 3. The molecule has 6 nitrogen and oxygen atoms in total. The summed E-state index contributed by atoms with van der Waals surface area (Å²) in [6.07, 6.45) is 2.76. The predicted octanol–water partition coefficient (Wildman–Crippen LogP) is 2.11. The molecule has 1 aliphatic rings. The number of nitrogens with one attached hydrogen (secondary N) is 1. The summed E-state index contributed by atoms with van der Waals surface area (Å²) in [5.41, 5.74) is 1.80. The molecule has 0 radical (unpaired) electrons. The van der Waals surface area contributed by atoms with E-state index >= 15 is 0 Å². The summed E-state index contributed by atoms with van der Waals surface area (Å²) in [5, 5.41) is 5.03. The predicted molar refractivity (Wildman–Crippen MR) is 89.4 cm³/mol. The number of rotatable bonds is 3. The molecule has 0 saturated carbocycles. The van der Waals surface area contributed by atoms with Crippen molar-refractivity contribution in [1.82, 2.24) is 10.1 Å². The Morgan fingerprint density at radius 2 is 2.17 bits per heavy atom. The molecule has 0 spiro atoms. The zero-order valence-corrected chi connectivity index (χ0v) is 14.2. The number of hydrogen-bond donors (Lipinski definition) is 1. The number of fused-ring (bicyclic) bond motifs is 3. The number of carbonyl (C=O) groups excluding carboxylic acids is 1. The van der Waals surface area contributed by atoms with Gasteiger partial charge < -0.3 is 0 Å². The van der Waals surface area contributed by atoms with Gasteiger partial charge in [0, 0.05) is 18.4 Å². The summed E-state index contributed by atoms with van der Waals surface area (Å²) in [4.78, 5) is 29.7. The molecule has 1 aromatic heterocycles. The molecule has 7 heteroatoms. The second kappa shape index (κ2) is 6.16. The molecule has 2 heterocycles. The lowest BCUT2D eigenvalue weighted by atomic mass is 10.0. The zero-order chi connectivity index (χ0) is 16.6. The number of H-pyrrole nitrogens is 1. The third-order valence-corrected chi connectivity index (χ3v) is 4.51. The highest BCUT2D eigenvalue weighted by Crippen LogP contribution is 2.34. The van der Waals surface area contributed by atoms with Crippen LogP contribution in [0.3, 0.4) is 0 Å². The second-order valence-corrected chi connectivity index (χ2v) is 6.21. The van der Waals surface area contributed by atoms with Crippen molar-refractivity contribution in [2.45, 2.75) is 38.0 Å². The van der Waals surface area contributed by atoms with Crippen molar-refractivity contribution in [1.29, 1.82) is 0 Å². The molecule has 0 aliphatic carbocycles. The van der Waals surface area contributed by atoms with Crippen molar-refractivity contribution >= 4 is 23.4 Å². The molecule has 0 bridgehead atoms. The molecule has 0 fully saturated rings. The summed E-state index contributed by atoms with van der Waals surface area (Å²) in [6, 6.07) is 7.48. The number of aromatic amines is 1. The SMILES string of the molecule is CCCC(=O)N1c2ccccc2-c2c(=O)[nH]c(SC)n[n+]2[C@H]1C. The molecule has 120 valence electrons. The first kappa shape index (κ1) is 15.7. The van der Waals surface area contributed by atoms with Crippen molar-refractivity contribution in [3.05, 3.63) is 34.6 Å². The molecule has 1 N–H and O–H groups in total. The molecule has 0 unspecified atom stereocenters. The van der Waals surface area contributed by atoms with E-state index in [1.54, 1.807) is 9.58 Å². The molecule has 0 saturated heterocycles. The second-order valence-electron chi connectivity index (χ2n) is 5.42. The van der Waals surface area contributed by atoms with Crippen molar-refractivity contribution in [3.63, 3.8) is 0 Å². The van der Waals surface area contributed by atoms with Gasteiger partial charge in [0.1, 0.15) is 0 Å². The first-order chi connectivity index (χ1) is 11.1. The maximum atomic E-state index is 12.6. The Balaban J connectivity index is 2.26. The Bertz CT molecular complexity index is 818. The standard InChI is InChI=1S/C16H18N4O2S/c1-4-7-13(21)19-10(2)20-14(11-8-5-6-9-12(11)19)15(22)17-16(18-20)23-3/h5-6,8-10H,4,7H2,1-3H3/p+1/t10-/m0/s1. The molecule has 1 amide bonds. The van der Waals surface area contributed by atoms with E-state index in [1.807, 2.05) is 44.4 Å². The number of nitrogens with zero attached hydrogens (tertiary/aromatic N) is 3. The lowest BCUT2D eigenvalue weighted by Gasteiger charge is -2.30. The molecule has 1 aromatic carbocycles. The summed E-state index contributed by atoms with van der Waals surface area (Å²) in [6.45, 7) is 3.87. The maximum Gasteiger partial charge on any atom is 0.325 e. The van der Waals surface area contributed by atoms with Crippen LogP contribution in [0.4, 0.5) is 5.69 Å². The molecule has 3 rings (SSSR count). The van der Waals surface area contributed by atoms with E-state index < -0.39 is 0 Å². The highest BCUT2D eigenvalue weighted by molar-refractivity contribution is 7.98. The Hall–Kier alpha value is -2.15. The van der Waals surface area contributed by atoms with Crippen LogP contribution in [0.25, 0.3) is 11.3 Å². The molecule has 1 atom stereocenters. The van der Waals surface area contributed by atoms with Crippen LogP contribution in [0, 0.1) is 0 Å². The molecular formula is C16H19N4O2S+. The fourth-order valence-electron chi connectivity index (χ4n) is 2.91. The normalized spacial score (nSPS) is 16.0. The minimum Gasteiger partial charge on any atom is -0.291 e. The van der Waals surface area contributed by atoms with Crippen LogP contribution in [0.1, 0.15) is 32.9 Å². The minimum atomic E-state index is -0.341. The van der Waals surface area contributed by atoms with Crippen molar-refractivity contribution in [3.8, 4) is 11.3 Å². The summed E-state index contributed by atoms with van der Waals surface area (Å²) >= 11 is 1.37. The minimum absolute atomic E-state index is 0.0402. The zero-order valence-electron chi connectivity index (χ0n) is 13.4. The van der Waals surface area contributed by atoms with Gasteiger partial charge in [-0.3, -0.25) is 19.5 Å². The van der Waals surface area contributed by atoms with Crippen molar-refractivity contribution in [2.24, 2.45) is 0 Å². The highest BCUT2D eigenvalue weighted by Gasteiger charge is 2.41. The van der Waals surface area contributed by atoms with Gasteiger partial charge in [-0.25, -0.2) is 0 Å². The quantitative estimate of drug-likeness (QED) is 0.691. The van der Waals surface area contributed by atoms with Crippen LogP contribution in [0.5, 0.6) is 0 Å². The van der Waals surface area contributed by atoms with E-state index in [0.29, 0.717) is 17.3 Å².